The second-order valence-corrected chi connectivity index (χ2v) is 7.60. The van der Waals surface area contributed by atoms with Crippen molar-refractivity contribution in [1.29, 1.82) is 0 Å². The van der Waals surface area contributed by atoms with E-state index in [4.69, 9.17) is 5.11 Å². The SMILES string of the molecule is O=C(O)c1ccc(C(=O)N2CCCC(c3nc(C(F)(F)F)cs3)C2)s1. The zero-order chi connectivity index (χ0) is 18.2. The molecule has 1 saturated heterocycles. The second-order valence-electron chi connectivity index (χ2n) is 5.63. The van der Waals surface area contributed by atoms with Crippen molar-refractivity contribution in [1.82, 2.24) is 9.88 Å². The number of amides is 1. The zero-order valence-corrected chi connectivity index (χ0v) is 14.4. The first-order valence-corrected chi connectivity index (χ1v) is 9.10. The summed E-state index contributed by atoms with van der Waals surface area (Å²) in [5.74, 6) is -1.63. The fourth-order valence-electron chi connectivity index (χ4n) is 2.69. The third-order valence-electron chi connectivity index (χ3n) is 3.90. The molecule has 0 radical (unpaired) electrons. The number of rotatable bonds is 3. The van der Waals surface area contributed by atoms with Crippen LogP contribution >= 0.6 is 22.7 Å². The van der Waals surface area contributed by atoms with Gasteiger partial charge in [-0.1, -0.05) is 0 Å². The van der Waals surface area contributed by atoms with Crippen LogP contribution < -0.4 is 0 Å². The van der Waals surface area contributed by atoms with E-state index in [1.54, 1.807) is 4.90 Å². The largest absolute Gasteiger partial charge is 0.477 e. The average molecular weight is 390 g/mol. The van der Waals surface area contributed by atoms with Crippen LogP contribution in [0.15, 0.2) is 17.5 Å². The number of alkyl halides is 3. The van der Waals surface area contributed by atoms with E-state index in [9.17, 15) is 22.8 Å². The number of carbonyl (C=O) groups is 2. The van der Waals surface area contributed by atoms with E-state index in [2.05, 4.69) is 4.98 Å². The highest BCUT2D eigenvalue weighted by atomic mass is 32.1. The molecule has 1 N–H and O–H groups in total. The lowest BCUT2D eigenvalue weighted by atomic mass is 9.98. The first-order valence-electron chi connectivity index (χ1n) is 7.40. The van der Waals surface area contributed by atoms with Crippen molar-refractivity contribution < 1.29 is 27.9 Å². The van der Waals surface area contributed by atoms with Crippen LogP contribution in [0, 0.1) is 0 Å². The highest BCUT2D eigenvalue weighted by Gasteiger charge is 2.35. The van der Waals surface area contributed by atoms with Crippen LogP contribution in [0.25, 0.3) is 0 Å². The number of thiophene rings is 1. The molecule has 1 atom stereocenters. The molecule has 1 aliphatic rings. The Labute approximate surface area is 148 Å². The molecule has 0 bridgehead atoms. The summed E-state index contributed by atoms with van der Waals surface area (Å²) in [5, 5.41) is 10.3. The van der Waals surface area contributed by atoms with E-state index >= 15 is 0 Å². The number of piperidine rings is 1. The number of aromatic nitrogens is 1. The van der Waals surface area contributed by atoms with Crippen molar-refractivity contribution in [3.05, 3.63) is 38.0 Å². The van der Waals surface area contributed by atoms with Crippen LogP contribution in [-0.2, 0) is 6.18 Å². The van der Waals surface area contributed by atoms with Crippen LogP contribution in [0.1, 0.15) is 48.8 Å². The zero-order valence-electron chi connectivity index (χ0n) is 12.7. The van der Waals surface area contributed by atoms with E-state index in [0.29, 0.717) is 29.3 Å². The lowest BCUT2D eigenvalue weighted by molar-refractivity contribution is -0.140. The molecule has 2 aromatic rings. The molecule has 1 fully saturated rings. The Morgan fingerprint density at radius 1 is 1.28 bits per heavy atom. The summed E-state index contributed by atoms with van der Waals surface area (Å²) in [6, 6.07) is 2.84. The van der Waals surface area contributed by atoms with Crippen LogP contribution in [0.2, 0.25) is 0 Å². The molecule has 5 nitrogen and oxygen atoms in total. The summed E-state index contributed by atoms with van der Waals surface area (Å²) in [6.45, 7) is 0.775. The Hall–Kier alpha value is -1.94. The van der Waals surface area contributed by atoms with Crippen LogP contribution in [0.5, 0.6) is 0 Å². The van der Waals surface area contributed by atoms with Gasteiger partial charge in [0.1, 0.15) is 4.88 Å². The molecular weight excluding hydrogens is 377 g/mol. The number of thiazole rings is 1. The molecule has 1 unspecified atom stereocenters. The Kier molecular flexibility index (Phi) is 4.83. The maximum absolute atomic E-state index is 12.7. The van der Waals surface area contributed by atoms with Crippen molar-refractivity contribution in [2.75, 3.05) is 13.1 Å². The van der Waals surface area contributed by atoms with Crippen molar-refractivity contribution >= 4 is 34.6 Å². The highest BCUT2D eigenvalue weighted by Crippen LogP contribution is 2.35. The molecule has 1 amide bonds. The topological polar surface area (TPSA) is 70.5 Å². The Morgan fingerprint density at radius 3 is 2.60 bits per heavy atom. The lowest BCUT2D eigenvalue weighted by Gasteiger charge is -2.31. The number of nitrogens with zero attached hydrogens (tertiary/aromatic N) is 2. The van der Waals surface area contributed by atoms with Crippen molar-refractivity contribution in [2.45, 2.75) is 24.9 Å². The van der Waals surface area contributed by atoms with Gasteiger partial charge in [0.25, 0.3) is 5.91 Å². The van der Waals surface area contributed by atoms with Crippen molar-refractivity contribution in [3.63, 3.8) is 0 Å². The van der Waals surface area contributed by atoms with Gasteiger partial charge in [0.15, 0.2) is 5.69 Å². The Balaban J connectivity index is 1.73. The number of carboxylic acids is 1. The second kappa shape index (κ2) is 6.75. The predicted molar refractivity (Wildman–Crippen MR) is 86.3 cm³/mol. The van der Waals surface area contributed by atoms with Crippen molar-refractivity contribution in [2.24, 2.45) is 0 Å². The molecule has 0 aromatic carbocycles. The lowest BCUT2D eigenvalue weighted by Crippen LogP contribution is -2.38. The van der Waals surface area contributed by atoms with Gasteiger partial charge < -0.3 is 10.0 Å². The fourth-order valence-corrected chi connectivity index (χ4v) is 4.46. The van der Waals surface area contributed by atoms with Crippen LogP contribution in [0.3, 0.4) is 0 Å². The normalized spacial score (nSPS) is 18.4. The minimum atomic E-state index is -4.47. The number of hydrogen-bond acceptors (Lipinski definition) is 5. The number of likely N-dealkylation sites (tertiary alicyclic amines) is 1. The number of halogens is 3. The average Bonchev–Trinajstić information content (AvgIpc) is 3.23. The van der Waals surface area contributed by atoms with Crippen LogP contribution in [0.4, 0.5) is 13.2 Å². The monoisotopic (exact) mass is 390 g/mol. The molecule has 10 heteroatoms. The van der Waals surface area contributed by atoms with E-state index in [1.807, 2.05) is 0 Å². The third kappa shape index (κ3) is 3.84. The summed E-state index contributed by atoms with van der Waals surface area (Å²) in [7, 11) is 0. The molecule has 3 rings (SSSR count). The molecule has 0 aliphatic carbocycles. The van der Waals surface area contributed by atoms with Gasteiger partial charge in [0, 0.05) is 24.4 Å². The van der Waals surface area contributed by atoms with Gasteiger partial charge in [-0.25, -0.2) is 9.78 Å². The van der Waals surface area contributed by atoms with Gasteiger partial charge in [0.05, 0.1) is 9.88 Å². The molecule has 134 valence electrons. The van der Waals surface area contributed by atoms with Gasteiger partial charge in [-0.2, -0.15) is 13.2 Å². The molecule has 0 spiro atoms. The molecule has 3 heterocycles. The van der Waals surface area contributed by atoms with Crippen molar-refractivity contribution in [3.8, 4) is 0 Å². The molecule has 1 aliphatic heterocycles. The minimum Gasteiger partial charge on any atom is -0.477 e. The van der Waals surface area contributed by atoms with Gasteiger partial charge in [-0.15, -0.1) is 22.7 Å². The standard InChI is InChI=1S/C15H13F3N2O3S2/c16-15(17,18)11-7-24-12(19-11)8-2-1-5-20(6-8)13(21)9-3-4-10(25-9)14(22)23/h3-4,7-8H,1-2,5-6H2,(H,22,23). The molecule has 0 saturated carbocycles. The number of carbonyl (C=O) groups excluding carboxylic acids is 1. The summed E-state index contributed by atoms with van der Waals surface area (Å²) in [6.07, 6.45) is -3.14. The number of aromatic carboxylic acids is 1. The van der Waals surface area contributed by atoms with Crippen LogP contribution in [-0.4, -0.2) is 40.0 Å². The fraction of sp³-hybridized carbons (Fsp3) is 0.400. The minimum absolute atomic E-state index is 0.0756. The van der Waals surface area contributed by atoms with Gasteiger partial charge in [-0.3, -0.25) is 4.79 Å². The smallest absolute Gasteiger partial charge is 0.434 e. The van der Waals surface area contributed by atoms with E-state index in [1.165, 1.54) is 12.1 Å². The quantitative estimate of drug-likeness (QED) is 0.862. The summed E-state index contributed by atoms with van der Waals surface area (Å²) < 4.78 is 38.1. The predicted octanol–water partition coefficient (Wildman–Crippen LogP) is 3.94. The van der Waals surface area contributed by atoms with Gasteiger partial charge >= 0.3 is 12.1 Å². The van der Waals surface area contributed by atoms with E-state index in [-0.39, 0.29) is 23.2 Å². The molecule has 25 heavy (non-hydrogen) atoms. The molecule has 2 aromatic heterocycles. The van der Waals surface area contributed by atoms with Gasteiger partial charge in [-0.05, 0) is 25.0 Å². The number of carboxylic acid groups (broad SMARTS) is 1. The summed E-state index contributed by atoms with van der Waals surface area (Å²) in [5.41, 5.74) is -0.902. The first-order chi connectivity index (χ1) is 11.8. The van der Waals surface area contributed by atoms with E-state index in [0.717, 1.165) is 28.1 Å². The maximum Gasteiger partial charge on any atom is 0.434 e. The van der Waals surface area contributed by atoms with Gasteiger partial charge in [0.2, 0.25) is 0 Å². The maximum atomic E-state index is 12.7. The van der Waals surface area contributed by atoms with E-state index < -0.39 is 17.8 Å². The first kappa shape index (κ1) is 17.9. The summed E-state index contributed by atoms with van der Waals surface area (Å²) in [4.78, 5) is 29.1. The summed E-state index contributed by atoms with van der Waals surface area (Å²) >= 11 is 1.85. The Bertz CT molecular complexity index is 800. The highest BCUT2D eigenvalue weighted by molar-refractivity contribution is 7.15. The third-order valence-corrected chi connectivity index (χ3v) is 5.97. The number of hydrogen-bond donors (Lipinski definition) is 1. The Morgan fingerprint density at radius 2 is 2.00 bits per heavy atom. The molecular formula is C15H13F3N2O3S2.